The van der Waals surface area contributed by atoms with Crippen LogP contribution in [0.5, 0.6) is 0 Å². The normalized spacial score (nSPS) is 14.6. The number of rotatable bonds is 5. The van der Waals surface area contributed by atoms with Gasteiger partial charge in [-0.3, -0.25) is 10.1 Å². The molecule has 0 bridgehead atoms. The molecular formula is C11H17N5O2. The Hall–Kier alpha value is -1.92. The molecule has 7 heteroatoms. The molecule has 1 aliphatic rings. The zero-order valence-corrected chi connectivity index (χ0v) is 10.6. The van der Waals surface area contributed by atoms with E-state index in [9.17, 15) is 10.1 Å². The van der Waals surface area contributed by atoms with Gasteiger partial charge in [-0.25, -0.2) is 4.98 Å². The Morgan fingerprint density at radius 3 is 2.67 bits per heavy atom. The molecule has 98 valence electrons. The minimum Gasteiger partial charge on any atom is -0.368 e. The first-order chi connectivity index (χ1) is 8.52. The summed E-state index contributed by atoms with van der Waals surface area (Å²) in [4.78, 5) is 20.5. The Morgan fingerprint density at radius 1 is 1.50 bits per heavy atom. The van der Waals surface area contributed by atoms with Crippen molar-refractivity contribution >= 4 is 17.5 Å². The standard InChI is InChI=1S/C11H17N5O2/c1-3-15(6-8-4-5-8)10-9(16(17)18)7(2)13-11(12)14-10/h8H,3-6H2,1-2H3,(H2,12,13,14). The largest absolute Gasteiger partial charge is 0.368 e. The molecule has 1 aliphatic carbocycles. The van der Waals surface area contributed by atoms with Gasteiger partial charge < -0.3 is 10.6 Å². The summed E-state index contributed by atoms with van der Waals surface area (Å²) in [6, 6.07) is 0. The fraction of sp³-hybridized carbons (Fsp3) is 0.636. The number of nitrogen functional groups attached to an aromatic ring is 1. The zero-order chi connectivity index (χ0) is 13.3. The minimum atomic E-state index is -0.431. The number of anilines is 2. The average Bonchev–Trinajstić information content (AvgIpc) is 3.07. The lowest BCUT2D eigenvalue weighted by Gasteiger charge is -2.21. The van der Waals surface area contributed by atoms with E-state index in [0.717, 1.165) is 6.54 Å². The van der Waals surface area contributed by atoms with E-state index in [4.69, 9.17) is 5.73 Å². The Labute approximate surface area is 105 Å². The molecule has 0 amide bonds. The van der Waals surface area contributed by atoms with Crippen molar-refractivity contribution in [2.24, 2.45) is 5.92 Å². The molecule has 0 radical (unpaired) electrons. The van der Waals surface area contributed by atoms with Crippen LogP contribution in [0.1, 0.15) is 25.5 Å². The Morgan fingerprint density at radius 2 is 2.17 bits per heavy atom. The van der Waals surface area contributed by atoms with Gasteiger partial charge in [0.1, 0.15) is 5.69 Å². The highest BCUT2D eigenvalue weighted by Crippen LogP contribution is 2.34. The maximum atomic E-state index is 11.1. The smallest absolute Gasteiger partial charge is 0.332 e. The molecule has 0 aromatic carbocycles. The van der Waals surface area contributed by atoms with Gasteiger partial charge in [-0.1, -0.05) is 0 Å². The molecule has 1 aromatic heterocycles. The number of hydrogen-bond donors (Lipinski definition) is 1. The highest BCUT2D eigenvalue weighted by molar-refractivity contribution is 5.62. The van der Waals surface area contributed by atoms with Gasteiger partial charge in [0.25, 0.3) is 0 Å². The van der Waals surface area contributed by atoms with Crippen LogP contribution in [0.2, 0.25) is 0 Å². The highest BCUT2D eigenvalue weighted by atomic mass is 16.6. The second-order valence-corrected chi connectivity index (χ2v) is 4.58. The first kappa shape index (κ1) is 12.5. The Bertz CT molecular complexity index is 473. The molecule has 1 aromatic rings. The topological polar surface area (TPSA) is 98.2 Å². The van der Waals surface area contributed by atoms with Gasteiger partial charge in [-0.2, -0.15) is 4.98 Å². The summed E-state index contributed by atoms with van der Waals surface area (Å²) in [7, 11) is 0. The van der Waals surface area contributed by atoms with Crippen molar-refractivity contribution in [3.8, 4) is 0 Å². The lowest BCUT2D eigenvalue weighted by atomic mass is 10.3. The SMILES string of the molecule is CCN(CC1CC1)c1nc(N)nc(C)c1[N+](=O)[O-]. The molecule has 2 N–H and O–H groups in total. The van der Waals surface area contributed by atoms with E-state index in [-0.39, 0.29) is 11.6 Å². The average molecular weight is 251 g/mol. The second-order valence-electron chi connectivity index (χ2n) is 4.58. The van der Waals surface area contributed by atoms with Crippen molar-refractivity contribution < 1.29 is 4.92 Å². The molecule has 0 spiro atoms. The first-order valence-electron chi connectivity index (χ1n) is 6.06. The lowest BCUT2D eigenvalue weighted by molar-refractivity contribution is -0.385. The molecule has 0 aliphatic heterocycles. The maximum absolute atomic E-state index is 11.1. The van der Waals surface area contributed by atoms with Crippen LogP contribution < -0.4 is 10.6 Å². The van der Waals surface area contributed by atoms with Crippen molar-refractivity contribution in [2.45, 2.75) is 26.7 Å². The third kappa shape index (κ3) is 2.49. The minimum absolute atomic E-state index is 0.0355. The number of nitrogens with two attached hydrogens (primary N) is 1. The van der Waals surface area contributed by atoms with Crippen LogP contribution in [0, 0.1) is 23.0 Å². The van der Waals surface area contributed by atoms with Crippen LogP contribution in [-0.4, -0.2) is 28.0 Å². The molecule has 2 rings (SSSR count). The number of nitrogens with zero attached hydrogens (tertiary/aromatic N) is 4. The fourth-order valence-electron chi connectivity index (χ4n) is 1.98. The summed E-state index contributed by atoms with van der Waals surface area (Å²) < 4.78 is 0. The third-order valence-electron chi connectivity index (χ3n) is 3.10. The van der Waals surface area contributed by atoms with Gasteiger partial charge in [0, 0.05) is 13.1 Å². The number of nitro groups is 1. The highest BCUT2D eigenvalue weighted by Gasteiger charge is 2.30. The summed E-state index contributed by atoms with van der Waals surface area (Å²) in [5, 5.41) is 11.1. The number of aromatic nitrogens is 2. The van der Waals surface area contributed by atoms with Crippen LogP contribution >= 0.6 is 0 Å². The lowest BCUT2D eigenvalue weighted by Crippen LogP contribution is -2.27. The summed E-state index contributed by atoms with van der Waals surface area (Å²) >= 11 is 0. The van der Waals surface area contributed by atoms with Crippen LogP contribution in [0.3, 0.4) is 0 Å². The van der Waals surface area contributed by atoms with Gasteiger partial charge in [-0.15, -0.1) is 0 Å². The summed E-state index contributed by atoms with van der Waals surface area (Å²) in [6.45, 7) is 5.02. The summed E-state index contributed by atoms with van der Waals surface area (Å²) in [5.74, 6) is 1.06. The first-order valence-corrected chi connectivity index (χ1v) is 6.06. The van der Waals surface area contributed by atoms with Crippen LogP contribution in [-0.2, 0) is 0 Å². The number of hydrogen-bond acceptors (Lipinski definition) is 6. The van der Waals surface area contributed by atoms with E-state index in [0.29, 0.717) is 24.0 Å². The molecule has 7 nitrogen and oxygen atoms in total. The molecule has 1 fully saturated rings. The molecule has 1 heterocycles. The van der Waals surface area contributed by atoms with Crippen molar-refractivity contribution in [1.82, 2.24) is 9.97 Å². The monoisotopic (exact) mass is 251 g/mol. The predicted molar refractivity (Wildman–Crippen MR) is 68.4 cm³/mol. The van der Waals surface area contributed by atoms with E-state index < -0.39 is 4.92 Å². The summed E-state index contributed by atoms with van der Waals surface area (Å²) in [5.41, 5.74) is 5.88. The maximum Gasteiger partial charge on any atom is 0.332 e. The van der Waals surface area contributed by atoms with Gasteiger partial charge in [-0.05, 0) is 32.6 Å². The molecule has 18 heavy (non-hydrogen) atoms. The zero-order valence-electron chi connectivity index (χ0n) is 10.6. The number of aryl methyl sites for hydroxylation is 1. The van der Waals surface area contributed by atoms with Gasteiger partial charge in [0.05, 0.1) is 4.92 Å². The third-order valence-corrected chi connectivity index (χ3v) is 3.10. The van der Waals surface area contributed by atoms with E-state index in [1.54, 1.807) is 6.92 Å². The van der Waals surface area contributed by atoms with Crippen molar-refractivity contribution in [3.05, 3.63) is 15.8 Å². The van der Waals surface area contributed by atoms with Gasteiger partial charge in [0.15, 0.2) is 0 Å². The molecule has 0 unspecified atom stereocenters. The quantitative estimate of drug-likeness (QED) is 0.629. The second kappa shape index (κ2) is 4.75. The van der Waals surface area contributed by atoms with Crippen molar-refractivity contribution in [3.63, 3.8) is 0 Å². The van der Waals surface area contributed by atoms with Crippen LogP contribution in [0.15, 0.2) is 0 Å². The Balaban J connectivity index is 2.41. The van der Waals surface area contributed by atoms with E-state index in [2.05, 4.69) is 9.97 Å². The fourth-order valence-corrected chi connectivity index (χ4v) is 1.98. The van der Waals surface area contributed by atoms with E-state index in [1.165, 1.54) is 12.8 Å². The molecule has 0 atom stereocenters. The van der Waals surface area contributed by atoms with Crippen molar-refractivity contribution in [1.29, 1.82) is 0 Å². The Kier molecular flexibility index (Phi) is 3.31. The van der Waals surface area contributed by atoms with Crippen LogP contribution in [0.25, 0.3) is 0 Å². The predicted octanol–water partition coefficient (Wildman–Crippen LogP) is 1.51. The van der Waals surface area contributed by atoms with Gasteiger partial charge >= 0.3 is 5.69 Å². The van der Waals surface area contributed by atoms with Gasteiger partial charge in [0.2, 0.25) is 11.8 Å². The van der Waals surface area contributed by atoms with Crippen LogP contribution in [0.4, 0.5) is 17.5 Å². The van der Waals surface area contributed by atoms with Crippen molar-refractivity contribution in [2.75, 3.05) is 23.7 Å². The summed E-state index contributed by atoms with van der Waals surface area (Å²) in [6.07, 6.45) is 2.37. The van der Waals surface area contributed by atoms with E-state index >= 15 is 0 Å². The van der Waals surface area contributed by atoms with E-state index in [1.807, 2.05) is 11.8 Å². The molecular weight excluding hydrogens is 234 g/mol. The molecule has 1 saturated carbocycles. The molecule has 0 saturated heterocycles.